The topological polar surface area (TPSA) is 93.7 Å². The van der Waals surface area contributed by atoms with Crippen molar-refractivity contribution in [3.63, 3.8) is 0 Å². The molecule has 0 spiro atoms. The lowest BCUT2D eigenvalue weighted by molar-refractivity contribution is -0.144. The highest BCUT2D eigenvalue weighted by Crippen LogP contribution is 2.04. The van der Waals surface area contributed by atoms with Gasteiger partial charge >= 0.3 is 12.1 Å². The van der Waals surface area contributed by atoms with Gasteiger partial charge in [0, 0.05) is 0 Å². The van der Waals surface area contributed by atoms with Crippen molar-refractivity contribution in [3.8, 4) is 0 Å². The normalized spacial score (nSPS) is 11.5. The van der Waals surface area contributed by atoms with E-state index in [4.69, 9.17) is 9.47 Å². The van der Waals surface area contributed by atoms with Crippen LogP contribution in [0, 0.1) is 0 Å². The molecule has 0 saturated heterocycles. The average Bonchev–Trinajstić information content (AvgIpc) is 2.76. The number of benzene rings is 2. The van der Waals surface area contributed by atoms with Gasteiger partial charge in [0.2, 0.25) is 5.91 Å². The third-order valence-electron chi connectivity index (χ3n) is 3.91. The Labute approximate surface area is 169 Å². The molecule has 2 N–H and O–H groups in total. The van der Waals surface area contributed by atoms with Gasteiger partial charge in [0.25, 0.3) is 0 Å². The Balaban J connectivity index is 1.77. The maximum absolute atomic E-state index is 12.1. The van der Waals surface area contributed by atoms with E-state index in [2.05, 4.69) is 10.6 Å². The van der Waals surface area contributed by atoms with Gasteiger partial charge in [-0.05, 0) is 17.5 Å². The minimum atomic E-state index is -0.852. The predicted molar refractivity (Wildman–Crippen MR) is 109 cm³/mol. The summed E-state index contributed by atoms with van der Waals surface area (Å²) < 4.78 is 9.76. The summed E-state index contributed by atoms with van der Waals surface area (Å²) in [7, 11) is 1.25. The number of amides is 2. The summed E-state index contributed by atoms with van der Waals surface area (Å²) >= 11 is 0. The first-order valence-corrected chi connectivity index (χ1v) is 9.12. The number of esters is 1. The summed E-state index contributed by atoms with van der Waals surface area (Å²) in [5, 5.41) is 4.90. The maximum Gasteiger partial charge on any atom is 0.407 e. The van der Waals surface area contributed by atoms with Gasteiger partial charge in [-0.25, -0.2) is 9.59 Å². The molecule has 2 aromatic rings. The summed E-state index contributed by atoms with van der Waals surface area (Å²) in [6.45, 7) is -0.215. The molecule has 0 aliphatic carbocycles. The van der Waals surface area contributed by atoms with Crippen LogP contribution in [-0.4, -0.2) is 37.7 Å². The van der Waals surface area contributed by atoms with Crippen molar-refractivity contribution < 1.29 is 23.9 Å². The van der Waals surface area contributed by atoms with Crippen molar-refractivity contribution in [3.05, 3.63) is 77.9 Å². The zero-order valence-corrected chi connectivity index (χ0v) is 16.2. The van der Waals surface area contributed by atoms with Gasteiger partial charge in [-0.15, -0.1) is 0 Å². The number of carbonyl (C=O) groups excluding carboxylic acids is 3. The van der Waals surface area contributed by atoms with Crippen LogP contribution in [0.15, 0.2) is 66.7 Å². The molecule has 0 aliphatic heterocycles. The molecule has 0 unspecified atom stereocenters. The molecule has 2 amide bonds. The molecule has 0 aromatic heterocycles. The van der Waals surface area contributed by atoms with E-state index in [1.54, 1.807) is 6.08 Å². The Hall–Kier alpha value is -3.61. The lowest BCUT2D eigenvalue weighted by atomic mass is 10.1. The molecule has 2 aromatic carbocycles. The van der Waals surface area contributed by atoms with Crippen molar-refractivity contribution >= 4 is 24.0 Å². The van der Waals surface area contributed by atoms with Crippen LogP contribution in [-0.2, 0) is 25.7 Å². The molecular weight excluding hydrogens is 372 g/mol. The highest BCUT2D eigenvalue weighted by molar-refractivity contribution is 5.87. The fourth-order valence-electron chi connectivity index (χ4n) is 2.43. The quantitative estimate of drug-likeness (QED) is 0.636. The van der Waals surface area contributed by atoms with Crippen LogP contribution in [0.25, 0.3) is 6.08 Å². The molecule has 7 nitrogen and oxygen atoms in total. The summed E-state index contributed by atoms with van der Waals surface area (Å²) in [4.78, 5) is 35.7. The largest absolute Gasteiger partial charge is 0.467 e. The first kappa shape index (κ1) is 21.7. The molecule has 7 heteroatoms. The number of rotatable bonds is 9. The summed E-state index contributed by atoms with van der Waals surface area (Å²) in [6, 6.07) is 17.9. The van der Waals surface area contributed by atoms with Crippen molar-refractivity contribution in [2.24, 2.45) is 0 Å². The molecule has 1 atom stereocenters. The molecular formula is C22H24N2O5. The van der Waals surface area contributed by atoms with Crippen LogP contribution in [0.3, 0.4) is 0 Å². The lowest BCUT2D eigenvalue weighted by Crippen LogP contribution is -2.45. The van der Waals surface area contributed by atoms with Crippen LogP contribution in [0.5, 0.6) is 0 Å². The number of methoxy groups -OCH3 is 1. The van der Waals surface area contributed by atoms with Crippen LogP contribution >= 0.6 is 0 Å². The van der Waals surface area contributed by atoms with Gasteiger partial charge in [0.15, 0.2) is 0 Å². The molecule has 0 aliphatic rings. The van der Waals surface area contributed by atoms with Crippen molar-refractivity contribution in [1.29, 1.82) is 0 Å². The highest BCUT2D eigenvalue weighted by Gasteiger charge is 2.20. The number of alkyl carbamates (subject to hydrolysis) is 1. The third kappa shape index (κ3) is 8.30. The van der Waals surface area contributed by atoms with E-state index in [1.807, 2.05) is 66.7 Å². The van der Waals surface area contributed by atoms with Crippen molar-refractivity contribution in [2.75, 3.05) is 13.7 Å². The van der Waals surface area contributed by atoms with E-state index in [9.17, 15) is 14.4 Å². The molecule has 0 bridgehead atoms. The molecule has 29 heavy (non-hydrogen) atoms. The van der Waals surface area contributed by atoms with Crippen LogP contribution in [0.1, 0.15) is 17.5 Å². The second-order valence-corrected chi connectivity index (χ2v) is 6.11. The van der Waals surface area contributed by atoms with Crippen molar-refractivity contribution in [1.82, 2.24) is 10.6 Å². The first-order valence-electron chi connectivity index (χ1n) is 9.12. The van der Waals surface area contributed by atoms with E-state index in [0.717, 1.165) is 11.1 Å². The molecule has 0 saturated carbocycles. The van der Waals surface area contributed by atoms with Crippen molar-refractivity contribution in [2.45, 2.75) is 19.1 Å². The molecule has 2 rings (SSSR count). The monoisotopic (exact) mass is 396 g/mol. The van der Waals surface area contributed by atoms with Gasteiger partial charge in [-0.3, -0.25) is 4.79 Å². The zero-order chi connectivity index (χ0) is 20.9. The van der Waals surface area contributed by atoms with E-state index < -0.39 is 24.0 Å². The summed E-state index contributed by atoms with van der Waals surface area (Å²) in [5.74, 6) is -1.09. The van der Waals surface area contributed by atoms with Gasteiger partial charge in [0.1, 0.15) is 19.2 Å². The number of carbonyl (C=O) groups is 3. The van der Waals surface area contributed by atoms with Gasteiger partial charge < -0.3 is 20.1 Å². The smallest absolute Gasteiger partial charge is 0.407 e. The molecule has 0 heterocycles. The second kappa shape index (κ2) is 12.0. The molecule has 152 valence electrons. The van der Waals surface area contributed by atoms with Crippen LogP contribution in [0.4, 0.5) is 4.79 Å². The number of nitrogens with one attached hydrogen (secondary N) is 2. The lowest BCUT2D eigenvalue weighted by Gasteiger charge is -2.15. The van der Waals surface area contributed by atoms with Gasteiger partial charge in [-0.1, -0.05) is 72.8 Å². The average molecular weight is 396 g/mol. The van der Waals surface area contributed by atoms with E-state index in [0.29, 0.717) is 0 Å². The Morgan fingerprint density at radius 2 is 1.66 bits per heavy atom. The third-order valence-corrected chi connectivity index (χ3v) is 3.91. The fraction of sp³-hybridized carbons (Fsp3) is 0.227. The molecule has 0 fully saturated rings. The highest BCUT2D eigenvalue weighted by atomic mass is 16.5. The minimum Gasteiger partial charge on any atom is -0.467 e. The Kier molecular flexibility index (Phi) is 8.95. The zero-order valence-electron chi connectivity index (χ0n) is 16.2. The Morgan fingerprint density at radius 1 is 1.00 bits per heavy atom. The van der Waals surface area contributed by atoms with Crippen LogP contribution < -0.4 is 10.6 Å². The van der Waals surface area contributed by atoms with E-state index >= 15 is 0 Å². The second-order valence-electron chi connectivity index (χ2n) is 6.11. The fourth-order valence-corrected chi connectivity index (χ4v) is 2.43. The SMILES string of the molecule is COC(=O)[C@@H](C/C=C/c1ccccc1)NC(=O)CNC(=O)OCc1ccccc1. The summed E-state index contributed by atoms with van der Waals surface area (Å²) in [5.41, 5.74) is 1.81. The number of hydrogen-bond acceptors (Lipinski definition) is 5. The van der Waals surface area contributed by atoms with Gasteiger partial charge in [0.05, 0.1) is 7.11 Å². The summed E-state index contributed by atoms with van der Waals surface area (Å²) in [6.07, 6.45) is 3.16. The molecule has 0 radical (unpaired) electrons. The number of ether oxygens (including phenoxy) is 2. The Morgan fingerprint density at radius 3 is 2.31 bits per heavy atom. The standard InChI is InChI=1S/C22H24N2O5/c1-28-21(26)19(14-8-13-17-9-4-2-5-10-17)24-20(25)15-23-22(27)29-16-18-11-6-3-7-12-18/h2-13,19H,14-16H2,1H3,(H,23,27)(H,24,25)/b13-8+/t19-/m1/s1. The predicted octanol–water partition coefficient (Wildman–Crippen LogP) is 2.67. The van der Waals surface area contributed by atoms with E-state index in [-0.39, 0.29) is 19.6 Å². The first-order chi connectivity index (χ1) is 14.1. The Bertz CT molecular complexity index is 822. The van der Waals surface area contributed by atoms with Crippen LogP contribution in [0.2, 0.25) is 0 Å². The van der Waals surface area contributed by atoms with Gasteiger partial charge in [-0.2, -0.15) is 0 Å². The minimum absolute atomic E-state index is 0.101. The maximum atomic E-state index is 12.1. The van der Waals surface area contributed by atoms with E-state index in [1.165, 1.54) is 7.11 Å². The number of hydrogen-bond donors (Lipinski definition) is 2.